The van der Waals surface area contributed by atoms with Crippen LogP contribution in [0.2, 0.25) is 0 Å². The number of benzene rings is 12. The minimum absolute atomic E-state index is 0.221. The van der Waals surface area contributed by atoms with Gasteiger partial charge in [-0.3, -0.25) is 0 Å². The molecule has 0 amide bonds. The SMILES string of the molecule is CC1(C)c2cc3c(cc2-c2cc4c5ccccc5n(-c5ccc(-c6ccc7c(c6)C(C)(C)c6cccc8c9cc(-c%10cc(-c%11ccccc%11)cc(-c%11ccccc%11)c%10)ccc9n-7c68)cc5)c4cc21)c1ccccc1n3-c1ccccc1. The second-order valence-electron chi connectivity index (χ2n) is 23.7. The third-order valence-corrected chi connectivity index (χ3v) is 18.6. The Morgan fingerprint density at radius 3 is 1.26 bits per heavy atom. The smallest absolute Gasteiger partial charge is 0.0582 e. The molecule has 3 nitrogen and oxygen atoms in total. The standard InChI is InChI=1S/C78H55N3/c1-77(2)66-28-18-27-60-63-42-51(55-40-53(48-19-8-5-9-20-48)39-54(41-55)49-21-10-6-11-22-49)33-37-72(63)81(76(60)66)73-38-34-52(43-69(73)77)50-31-35-57(36-32-50)80-71-30-17-15-26-59(71)65-45-62-61-44-64-58-25-14-16-29-70(58)79(56-23-12-7-13-24-56)74(64)46-67(61)78(3,4)68(62)47-75(65)80/h5-47H,1-4H3. The third kappa shape index (κ3) is 6.58. The van der Waals surface area contributed by atoms with Crippen molar-refractivity contribution in [1.82, 2.24) is 13.7 Å². The molecule has 3 heteroatoms. The Kier molecular flexibility index (Phi) is 9.53. The van der Waals surface area contributed by atoms with E-state index >= 15 is 0 Å². The predicted molar refractivity (Wildman–Crippen MR) is 341 cm³/mol. The summed E-state index contributed by atoms with van der Waals surface area (Å²) in [5.41, 5.74) is 28.4. The van der Waals surface area contributed by atoms with Crippen molar-refractivity contribution in [2.75, 3.05) is 0 Å². The van der Waals surface area contributed by atoms with E-state index in [9.17, 15) is 0 Å². The van der Waals surface area contributed by atoms with Gasteiger partial charge in [-0.15, -0.1) is 0 Å². The zero-order chi connectivity index (χ0) is 53.9. The summed E-state index contributed by atoms with van der Waals surface area (Å²) < 4.78 is 7.47. The molecule has 3 aromatic heterocycles. The Morgan fingerprint density at radius 1 is 0.235 bits per heavy atom. The van der Waals surface area contributed by atoms with E-state index in [-0.39, 0.29) is 10.8 Å². The van der Waals surface area contributed by atoms with Gasteiger partial charge in [-0.05, 0) is 181 Å². The maximum Gasteiger partial charge on any atom is 0.0582 e. The van der Waals surface area contributed by atoms with Crippen LogP contribution in [0.4, 0.5) is 0 Å². The molecule has 0 atom stereocenters. The summed E-state index contributed by atoms with van der Waals surface area (Å²) in [6.45, 7) is 9.64. The van der Waals surface area contributed by atoms with E-state index in [1.165, 1.54) is 155 Å². The lowest BCUT2D eigenvalue weighted by molar-refractivity contribution is 0.630. The molecule has 1 aliphatic carbocycles. The molecule has 81 heavy (non-hydrogen) atoms. The van der Waals surface area contributed by atoms with Crippen LogP contribution in [0.25, 0.3) is 138 Å². The molecule has 2 aliphatic rings. The highest BCUT2D eigenvalue weighted by atomic mass is 15.0. The number of para-hydroxylation sites is 4. The normalized spacial score (nSPS) is 13.9. The first kappa shape index (κ1) is 46.0. The van der Waals surface area contributed by atoms with Gasteiger partial charge in [0.15, 0.2) is 0 Å². The van der Waals surface area contributed by atoms with Gasteiger partial charge in [0.25, 0.3) is 0 Å². The van der Waals surface area contributed by atoms with Crippen LogP contribution in [-0.2, 0) is 10.8 Å². The van der Waals surface area contributed by atoms with Gasteiger partial charge in [0.2, 0.25) is 0 Å². The summed E-state index contributed by atoms with van der Waals surface area (Å²) >= 11 is 0. The van der Waals surface area contributed by atoms with Crippen LogP contribution in [0.5, 0.6) is 0 Å². The van der Waals surface area contributed by atoms with Crippen LogP contribution < -0.4 is 0 Å². The van der Waals surface area contributed by atoms with Crippen molar-refractivity contribution in [3.63, 3.8) is 0 Å². The fourth-order valence-electron chi connectivity index (χ4n) is 14.5. The third-order valence-electron chi connectivity index (χ3n) is 18.6. The molecule has 1 aliphatic heterocycles. The number of hydrogen-bond donors (Lipinski definition) is 0. The van der Waals surface area contributed by atoms with Crippen molar-refractivity contribution >= 4 is 65.4 Å². The van der Waals surface area contributed by atoms with Crippen molar-refractivity contribution in [2.24, 2.45) is 0 Å². The second kappa shape index (κ2) is 16.8. The van der Waals surface area contributed by atoms with Gasteiger partial charge < -0.3 is 13.7 Å². The average molecular weight is 1030 g/mol. The maximum atomic E-state index is 2.54. The van der Waals surface area contributed by atoms with E-state index in [1.807, 2.05) is 0 Å². The lowest BCUT2D eigenvalue weighted by Crippen LogP contribution is -2.26. The van der Waals surface area contributed by atoms with Gasteiger partial charge in [-0.1, -0.05) is 185 Å². The van der Waals surface area contributed by atoms with E-state index in [2.05, 4.69) is 302 Å². The van der Waals surface area contributed by atoms with Crippen LogP contribution in [-0.4, -0.2) is 13.7 Å². The molecule has 0 bridgehead atoms. The monoisotopic (exact) mass is 1030 g/mol. The molecule has 4 heterocycles. The molecular formula is C78H55N3. The van der Waals surface area contributed by atoms with Crippen molar-refractivity contribution < 1.29 is 0 Å². The average Bonchev–Trinajstić information content (AvgIpc) is 4.11. The predicted octanol–water partition coefficient (Wildman–Crippen LogP) is 20.6. The van der Waals surface area contributed by atoms with Crippen molar-refractivity contribution in [2.45, 2.75) is 38.5 Å². The number of rotatable bonds is 6. The van der Waals surface area contributed by atoms with Crippen LogP contribution in [0.15, 0.2) is 261 Å². The highest BCUT2D eigenvalue weighted by Gasteiger charge is 2.38. The number of fused-ring (bicyclic) bond motifs is 14. The van der Waals surface area contributed by atoms with Crippen molar-refractivity contribution in [3.8, 4) is 72.7 Å². The molecule has 0 radical (unpaired) electrons. The van der Waals surface area contributed by atoms with E-state index in [4.69, 9.17) is 0 Å². The first-order valence-corrected chi connectivity index (χ1v) is 28.5. The van der Waals surface area contributed by atoms with Gasteiger partial charge in [0, 0.05) is 54.5 Å². The van der Waals surface area contributed by atoms with Crippen molar-refractivity contribution in [3.05, 3.63) is 283 Å². The van der Waals surface area contributed by atoms with Gasteiger partial charge in [0.05, 0.1) is 38.8 Å². The summed E-state index contributed by atoms with van der Waals surface area (Å²) in [6.07, 6.45) is 0. The zero-order valence-electron chi connectivity index (χ0n) is 45.7. The summed E-state index contributed by atoms with van der Waals surface area (Å²) in [7, 11) is 0. The van der Waals surface area contributed by atoms with E-state index < -0.39 is 0 Å². The molecule has 0 spiro atoms. The quantitative estimate of drug-likeness (QED) is 0.158. The van der Waals surface area contributed by atoms with E-state index in [1.54, 1.807) is 0 Å². The zero-order valence-corrected chi connectivity index (χ0v) is 45.7. The van der Waals surface area contributed by atoms with Crippen LogP contribution in [0.3, 0.4) is 0 Å². The Morgan fingerprint density at radius 2 is 0.667 bits per heavy atom. The lowest BCUT2D eigenvalue weighted by atomic mass is 9.74. The molecule has 0 fully saturated rings. The van der Waals surface area contributed by atoms with Gasteiger partial charge >= 0.3 is 0 Å². The molecule has 0 saturated heterocycles. The molecule has 382 valence electrons. The maximum absolute atomic E-state index is 2.54. The molecule has 12 aromatic carbocycles. The second-order valence-corrected chi connectivity index (χ2v) is 23.7. The fourth-order valence-corrected chi connectivity index (χ4v) is 14.5. The highest BCUT2D eigenvalue weighted by Crippen LogP contribution is 2.54. The largest absolute Gasteiger partial charge is 0.309 e. The van der Waals surface area contributed by atoms with Crippen LogP contribution in [0, 0.1) is 0 Å². The number of aromatic nitrogens is 3. The fraction of sp³-hybridized carbons (Fsp3) is 0.0769. The Balaban J connectivity index is 0.758. The number of nitrogens with zero attached hydrogens (tertiary/aromatic N) is 3. The highest BCUT2D eigenvalue weighted by molar-refractivity contribution is 6.16. The van der Waals surface area contributed by atoms with E-state index in [0.29, 0.717) is 0 Å². The Bertz CT molecular complexity index is 5070. The molecule has 0 N–H and O–H groups in total. The Hall–Kier alpha value is -9.96. The molecular weight excluding hydrogens is 979 g/mol. The minimum Gasteiger partial charge on any atom is -0.309 e. The molecule has 15 aromatic rings. The van der Waals surface area contributed by atoms with Crippen molar-refractivity contribution in [1.29, 1.82) is 0 Å². The summed E-state index contributed by atoms with van der Waals surface area (Å²) in [6, 6.07) is 97.7. The Labute approximate surface area is 470 Å². The van der Waals surface area contributed by atoms with Gasteiger partial charge in [0.1, 0.15) is 0 Å². The summed E-state index contributed by atoms with van der Waals surface area (Å²) in [5.74, 6) is 0. The number of hydrogen-bond acceptors (Lipinski definition) is 0. The van der Waals surface area contributed by atoms with E-state index in [0.717, 1.165) is 5.69 Å². The molecule has 0 saturated carbocycles. The first-order chi connectivity index (χ1) is 39.7. The summed E-state index contributed by atoms with van der Waals surface area (Å²) in [4.78, 5) is 0. The summed E-state index contributed by atoms with van der Waals surface area (Å²) in [5, 5.41) is 7.67. The van der Waals surface area contributed by atoms with Gasteiger partial charge in [-0.2, -0.15) is 0 Å². The lowest BCUT2D eigenvalue weighted by Gasteiger charge is -2.35. The van der Waals surface area contributed by atoms with Gasteiger partial charge in [-0.25, -0.2) is 0 Å². The molecule has 0 unspecified atom stereocenters. The topological polar surface area (TPSA) is 14.8 Å². The minimum atomic E-state index is -0.241. The van der Waals surface area contributed by atoms with Crippen LogP contribution >= 0.6 is 0 Å². The van der Waals surface area contributed by atoms with Crippen LogP contribution in [0.1, 0.15) is 49.9 Å². The first-order valence-electron chi connectivity index (χ1n) is 28.5. The molecule has 17 rings (SSSR count).